The Morgan fingerprint density at radius 1 is 1.19 bits per heavy atom. The molecule has 110 valence electrons. The minimum Gasteiger partial charge on any atom is -0.381 e. The van der Waals surface area contributed by atoms with E-state index in [1.807, 2.05) is 43.4 Å². The van der Waals surface area contributed by atoms with Gasteiger partial charge in [0.05, 0.1) is 11.9 Å². The van der Waals surface area contributed by atoms with E-state index < -0.39 is 0 Å². The maximum Gasteiger partial charge on any atom is 0.128 e. The Balaban J connectivity index is 1.55. The number of aromatic nitrogens is 1. The van der Waals surface area contributed by atoms with E-state index in [0.717, 1.165) is 29.4 Å². The van der Waals surface area contributed by atoms with Crippen molar-refractivity contribution in [1.29, 1.82) is 0 Å². The number of hydrogen-bond acceptors (Lipinski definition) is 3. The summed E-state index contributed by atoms with van der Waals surface area (Å²) >= 11 is 6.05. The van der Waals surface area contributed by atoms with E-state index in [1.165, 1.54) is 5.56 Å². The van der Waals surface area contributed by atoms with Gasteiger partial charge in [-0.1, -0.05) is 23.7 Å². The fourth-order valence-corrected chi connectivity index (χ4v) is 2.94. The number of rotatable bonds is 4. The van der Waals surface area contributed by atoms with Crippen molar-refractivity contribution in [2.24, 2.45) is 0 Å². The zero-order valence-corrected chi connectivity index (χ0v) is 13.1. The van der Waals surface area contributed by atoms with E-state index in [1.54, 1.807) is 0 Å². The van der Waals surface area contributed by atoms with Crippen molar-refractivity contribution in [2.45, 2.75) is 24.8 Å². The molecular weight excluding hydrogens is 282 g/mol. The molecule has 0 spiro atoms. The van der Waals surface area contributed by atoms with E-state index in [-0.39, 0.29) is 0 Å². The maximum atomic E-state index is 6.05. The van der Waals surface area contributed by atoms with Crippen molar-refractivity contribution >= 4 is 23.1 Å². The van der Waals surface area contributed by atoms with Crippen LogP contribution >= 0.6 is 11.6 Å². The van der Waals surface area contributed by atoms with Crippen LogP contribution in [0.25, 0.3) is 0 Å². The molecule has 21 heavy (non-hydrogen) atoms. The molecule has 3 nitrogen and oxygen atoms in total. The lowest BCUT2D eigenvalue weighted by Gasteiger charge is -2.37. The Morgan fingerprint density at radius 3 is 2.62 bits per heavy atom. The van der Waals surface area contributed by atoms with E-state index in [9.17, 15) is 0 Å². The van der Waals surface area contributed by atoms with E-state index in [2.05, 4.69) is 28.5 Å². The topological polar surface area (TPSA) is 28.2 Å². The fourth-order valence-electron chi connectivity index (χ4n) is 2.74. The van der Waals surface area contributed by atoms with Crippen LogP contribution in [-0.2, 0) is 0 Å². The van der Waals surface area contributed by atoms with Crippen LogP contribution in [0, 0.1) is 0 Å². The van der Waals surface area contributed by atoms with Gasteiger partial charge in [-0.25, -0.2) is 4.98 Å². The highest BCUT2D eigenvalue weighted by Gasteiger charge is 2.30. The Bertz CT molecular complexity index is 604. The molecule has 4 heteroatoms. The summed E-state index contributed by atoms with van der Waals surface area (Å²) in [6, 6.07) is 12.9. The van der Waals surface area contributed by atoms with Gasteiger partial charge in [0, 0.05) is 25.2 Å². The number of nitrogens with zero attached hydrogens (tertiary/aromatic N) is 2. The Kier molecular flexibility index (Phi) is 4.02. The molecule has 1 aromatic carbocycles. The first-order valence-electron chi connectivity index (χ1n) is 7.27. The molecule has 1 aliphatic carbocycles. The van der Waals surface area contributed by atoms with Gasteiger partial charge in [-0.2, -0.15) is 0 Å². The molecule has 0 amide bonds. The zero-order chi connectivity index (χ0) is 14.8. The van der Waals surface area contributed by atoms with Crippen LogP contribution < -0.4 is 10.2 Å². The summed E-state index contributed by atoms with van der Waals surface area (Å²) in [6.07, 6.45) is 4.20. The van der Waals surface area contributed by atoms with Gasteiger partial charge in [-0.3, -0.25) is 0 Å². The summed E-state index contributed by atoms with van der Waals surface area (Å²) in [5.41, 5.74) is 2.44. The van der Waals surface area contributed by atoms with Gasteiger partial charge >= 0.3 is 0 Å². The van der Waals surface area contributed by atoms with Gasteiger partial charge < -0.3 is 10.2 Å². The molecule has 3 rings (SSSR count). The molecule has 0 unspecified atom stereocenters. The van der Waals surface area contributed by atoms with Crippen molar-refractivity contribution in [3.8, 4) is 0 Å². The highest BCUT2D eigenvalue weighted by molar-refractivity contribution is 6.30. The standard InChI is InChI=1S/C17H20ClN3/c1-21(2)17-7-6-15(11-19-17)20-16-9-13(10-16)12-4-3-5-14(18)8-12/h3-8,11,13,16,20H,9-10H2,1-2H3. The molecule has 0 aliphatic heterocycles. The third-order valence-electron chi connectivity index (χ3n) is 4.04. The second-order valence-corrected chi connectivity index (χ2v) is 6.30. The normalized spacial score (nSPS) is 20.7. The lowest BCUT2D eigenvalue weighted by Crippen LogP contribution is -2.34. The Hall–Kier alpha value is -1.74. The number of benzene rings is 1. The molecule has 0 bridgehead atoms. The molecule has 1 aromatic heterocycles. The van der Waals surface area contributed by atoms with Gasteiger partial charge in [0.2, 0.25) is 0 Å². The summed E-state index contributed by atoms with van der Waals surface area (Å²) in [4.78, 5) is 6.43. The van der Waals surface area contributed by atoms with Gasteiger partial charge in [-0.05, 0) is 48.6 Å². The minimum atomic E-state index is 0.529. The van der Waals surface area contributed by atoms with Crippen molar-refractivity contribution in [2.75, 3.05) is 24.3 Å². The van der Waals surface area contributed by atoms with E-state index in [4.69, 9.17) is 11.6 Å². The SMILES string of the molecule is CN(C)c1ccc(NC2CC(c3cccc(Cl)c3)C2)cn1. The van der Waals surface area contributed by atoms with Gasteiger partial charge in [0.1, 0.15) is 5.82 Å². The quantitative estimate of drug-likeness (QED) is 0.919. The second kappa shape index (κ2) is 5.94. The molecule has 2 aromatic rings. The third kappa shape index (κ3) is 3.30. The fraction of sp³-hybridized carbons (Fsp3) is 0.353. The predicted molar refractivity (Wildman–Crippen MR) is 89.4 cm³/mol. The van der Waals surface area contributed by atoms with Crippen LogP contribution in [0.1, 0.15) is 24.3 Å². The second-order valence-electron chi connectivity index (χ2n) is 5.86. The average molecular weight is 302 g/mol. The number of anilines is 2. The Labute approximate surface area is 131 Å². The summed E-state index contributed by atoms with van der Waals surface area (Å²) in [7, 11) is 3.99. The van der Waals surface area contributed by atoms with Gasteiger partial charge in [0.15, 0.2) is 0 Å². The highest BCUT2D eigenvalue weighted by Crippen LogP contribution is 2.39. The number of nitrogens with one attached hydrogen (secondary N) is 1. The Morgan fingerprint density at radius 2 is 2.00 bits per heavy atom. The summed E-state index contributed by atoms with van der Waals surface area (Å²) in [6.45, 7) is 0. The molecule has 1 aliphatic rings. The zero-order valence-electron chi connectivity index (χ0n) is 12.4. The van der Waals surface area contributed by atoms with Gasteiger partial charge in [-0.15, -0.1) is 0 Å². The van der Waals surface area contributed by atoms with Crippen LogP contribution in [-0.4, -0.2) is 25.1 Å². The third-order valence-corrected chi connectivity index (χ3v) is 4.27. The van der Waals surface area contributed by atoms with Crippen LogP contribution in [0.4, 0.5) is 11.5 Å². The molecule has 0 saturated heterocycles. The minimum absolute atomic E-state index is 0.529. The first-order chi connectivity index (χ1) is 10.1. The van der Waals surface area contributed by atoms with E-state index >= 15 is 0 Å². The number of pyridine rings is 1. The predicted octanol–water partition coefficient (Wildman–Crippen LogP) is 4.16. The van der Waals surface area contributed by atoms with Crippen molar-refractivity contribution < 1.29 is 0 Å². The first-order valence-corrected chi connectivity index (χ1v) is 7.65. The molecule has 1 saturated carbocycles. The highest BCUT2D eigenvalue weighted by atomic mass is 35.5. The average Bonchev–Trinajstić information content (AvgIpc) is 2.43. The first kappa shape index (κ1) is 14.2. The molecular formula is C17H20ClN3. The maximum absolute atomic E-state index is 6.05. The molecule has 0 atom stereocenters. The number of halogens is 1. The lowest BCUT2D eigenvalue weighted by molar-refractivity contribution is 0.374. The molecule has 1 heterocycles. The van der Waals surface area contributed by atoms with Crippen molar-refractivity contribution in [3.63, 3.8) is 0 Å². The van der Waals surface area contributed by atoms with Crippen LogP contribution in [0.3, 0.4) is 0 Å². The van der Waals surface area contributed by atoms with Crippen molar-refractivity contribution in [1.82, 2.24) is 4.98 Å². The monoisotopic (exact) mass is 301 g/mol. The summed E-state index contributed by atoms with van der Waals surface area (Å²) in [5, 5.41) is 4.37. The largest absolute Gasteiger partial charge is 0.381 e. The van der Waals surface area contributed by atoms with Crippen molar-refractivity contribution in [3.05, 3.63) is 53.2 Å². The number of hydrogen-bond donors (Lipinski definition) is 1. The lowest BCUT2D eigenvalue weighted by atomic mass is 9.76. The van der Waals surface area contributed by atoms with Crippen LogP contribution in [0.2, 0.25) is 5.02 Å². The summed E-state index contributed by atoms with van der Waals surface area (Å²) in [5.74, 6) is 1.60. The van der Waals surface area contributed by atoms with Crippen LogP contribution in [0.5, 0.6) is 0 Å². The van der Waals surface area contributed by atoms with E-state index in [0.29, 0.717) is 12.0 Å². The molecule has 1 N–H and O–H groups in total. The smallest absolute Gasteiger partial charge is 0.128 e. The molecule has 0 radical (unpaired) electrons. The summed E-state index contributed by atoms with van der Waals surface area (Å²) < 4.78 is 0. The molecule has 1 fully saturated rings. The van der Waals surface area contributed by atoms with Gasteiger partial charge in [0.25, 0.3) is 0 Å². The van der Waals surface area contributed by atoms with Crippen LogP contribution in [0.15, 0.2) is 42.6 Å².